The van der Waals surface area contributed by atoms with Crippen LogP contribution in [0.25, 0.3) is 0 Å². The molecule has 3 rings (SSSR count). The molecule has 0 aliphatic rings. The van der Waals surface area contributed by atoms with E-state index in [1.807, 2.05) is 30.3 Å². The van der Waals surface area contributed by atoms with Crippen LogP contribution in [0.15, 0.2) is 71.9 Å². The van der Waals surface area contributed by atoms with E-state index in [1.165, 1.54) is 18.3 Å². The average molecular weight is 453 g/mol. The van der Waals surface area contributed by atoms with Crippen molar-refractivity contribution in [3.05, 3.63) is 83.0 Å². The Labute approximate surface area is 205 Å². The van der Waals surface area contributed by atoms with Crippen LogP contribution in [0.1, 0.15) is 15.9 Å². The van der Waals surface area contributed by atoms with Crippen LogP contribution in [0.2, 0.25) is 5.02 Å². The van der Waals surface area contributed by atoms with Crippen molar-refractivity contribution in [2.24, 2.45) is 0 Å². The third-order valence-electron chi connectivity index (χ3n) is 3.81. The summed E-state index contributed by atoms with van der Waals surface area (Å²) in [6, 6.07) is 17.7. The molecule has 2 N–H and O–H groups in total. The van der Waals surface area contributed by atoms with Crippen molar-refractivity contribution in [1.82, 2.24) is 4.98 Å². The summed E-state index contributed by atoms with van der Waals surface area (Å²) in [5.74, 6) is -0.576. The van der Waals surface area contributed by atoms with Gasteiger partial charge in [0.1, 0.15) is 17.4 Å². The predicted molar refractivity (Wildman–Crippen MR) is 120 cm³/mol. The second-order valence-electron chi connectivity index (χ2n) is 5.90. The molecule has 30 heavy (non-hydrogen) atoms. The zero-order valence-electron chi connectivity index (χ0n) is 15.2. The van der Waals surface area contributed by atoms with E-state index in [0.29, 0.717) is 23.1 Å². The van der Waals surface area contributed by atoms with Crippen molar-refractivity contribution in [3.63, 3.8) is 0 Å². The van der Waals surface area contributed by atoms with Crippen LogP contribution < -0.4 is 10.1 Å². The summed E-state index contributed by atoms with van der Waals surface area (Å²) in [7, 11) is 0. The first-order valence-electron chi connectivity index (χ1n) is 8.62. The molecular formula is C21H18ClN2NaO4S. The summed E-state index contributed by atoms with van der Waals surface area (Å²) in [5, 5.41) is 12.6. The van der Waals surface area contributed by atoms with Gasteiger partial charge in [-0.2, -0.15) is 0 Å². The SMILES string of the molecule is O=C(CNc1cc(Cl)ccc1OCc1ccccc1)Sc1ncccc1C(=O)O.[NaH]. The van der Waals surface area contributed by atoms with Crippen LogP contribution in [0.5, 0.6) is 5.75 Å². The molecule has 0 amide bonds. The molecule has 0 bridgehead atoms. The number of aromatic nitrogens is 1. The number of hydrogen-bond acceptors (Lipinski definition) is 6. The van der Waals surface area contributed by atoms with Gasteiger partial charge in [-0.05, 0) is 47.7 Å². The van der Waals surface area contributed by atoms with E-state index >= 15 is 0 Å². The fourth-order valence-electron chi connectivity index (χ4n) is 2.45. The molecule has 6 nitrogen and oxygen atoms in total. The van der Waals surface area contributed by atoms with Crippen LogP contribution >= 0.6 is 23.4 Å². The van der Waals surface area contributed by atoms with Gasteiger partial charge in [0.2, 0.25) is 5.12 Å². The van der Waals surface area contributed by atoms with Crippen LogP contribution in [-0.4, -0.2) is 57.3 Å². The number of aromatic carboxylic acids is 1. The van der Waals surface area contributed by atoms with Gasteiger partial charge in [0.15, 0.2) is 0 Å². The molecule has 0 radical (unpaired) electrons. The van der Waals surface area contributed by atoms with Gasteiger partial charge in [0.05, 0.1) is 17.8 Å². The Morgan fingerprint density at radius 3 is 2.60 bits per heavy atom. The molecule has 0 aliphatic carbocycles. The average Bonchev–Trinajstić information content (AvgIpc) is 2.72. The summed E-state index contributed by atoms with van der Waals surface area (Å²) in [6.07, 6.45) is 1.45. The summed E-state index contributed by atoms with van der Waals surface area (Å²) >= 11 is 6.84. The Kier molecular flexibility index (Phi) is 9.68. The van der Waals surface area contributed by atoms with Gasteiger partial charge in [0, 0.05) is 11.2 Å². The number of carbonyl (C=O) groups is 2. The van der Waals surface area contributed by atoms with E-state index < -0.39 is 5.97 Å². The number of ether oxygens (including phenoxy) is 1. The van der Waals surface area contributed by atoms with Gasteiger partial charge in [-0.25, -0.2) is 9.78 Å². The zero-order chi connectivity index (χ0) is 20.6. The molecule has 150 valence electrons. The standard InChI is InChI=1S/C21H17ClN2O4S.Na.H/c22-15-8-9-18(28-13-14-5-2-1-3-6-14)17(11-15)24-12-19(25)29-20-16(21(26)27)7-4-10-23-20;;/h1-11,24H,12-13H2,(H,26,27);;. The second-order valence-corrected chi connectivity index (χ2v) is 7.39. The fraction of sp³-hybridized carbons (Fsp3) is 0.0952. The van der Waals surface area contributed by atoms with E-state index in [9.17, 15) is 14.7 Å². The third-order valence-corrected chi connectivity index (χ3v) is 4.94. The quantitative estimate of drug-likeness (QED) is 0.393. The molecule has 3 aromatic rings. The molecule has 9 heteroatoms. The number of rotatable bonds is 8. The number of anilines is 1. The first kappa shape index (κ1) is 24.2. The molecule has 1 heterocycles. The van der Waals surface area contributed by atoms with Gasteiger partial charge >= 0.3 is 35.5 Å². The number of hydrogen-bond donors (Lipinski definition) is 2. The number of nitrogens with zero attached hydrogens (tertiary/aromatic N) is 1. The number of carboxylic acids is 1. The van der Waals surface area contributed by atoms with Crippen LogP contribution in [0, 0.1) is 0 Å². The molecule has 0 aliphatic heterocycles. The van der Waals surface area contributed by atoms with Crippen molar-refractivity contribution >= 4 is 69.7 Å². The van der Waals surface area contributed by atoms with Crippen molar-refractivity contribution in [2.45, 2.75) is 11.6 Å². The molecule has 0 spiro atoms. The van der Waals surface area contributed by atoms with Gasteiger partial charge in [-0.1, -0.05) is 41.9 Å². The van der Waals surface area contributed by atoms with Crippen molar-refractivity contribution < 1.29 is 19.4 Å². The molecule has 2 aromatic carbocycles. The van der Waals surface area contributed by atoms with Crippen molar-refractivity contribution in [1.29, 1.82) is 0 Å². The summed E-state index contributed by atoms with van der Waals surface area (Å²) in [6.45, 7) is 0.318. The second kappa shape index (κ2) is 12.0. The monoisotopic (exact) mass is 452 g/mol. The number of pyridine rings is 1. The number of nitrogens with one attached hydrogen (secondary N) is 1. The molecule has 0 saturated heterocycles. The first-order valence-corrected chi connectivity index (χ1v) is 9.81. The summed E-state index contributed by atoms with van der Waals surface area (Å²) in [5.41, 5.74) is 1.57. The normalized spacial score (nSPS) is 10.0. The van der Waals surface area contributed by atoms with E-state index in [4.69, 9.17) is 16.3 Å². The number of benzene rings is 2. The summed E-state index contributed by atoms with van der Waals surface area (Å²) in [4.78, 5) is 27.5. The van der Waals surface area contributed by atoms with Gasteiger partial charge in [-0.15, -0.1) is 0 Å². The number of carboxylic acid groups (broad SMARTS) is 1. The predicted octanol–water partition coefficient (Wildman–Crippen LogP) is 4.09. The van der Waals surface area contributed by atoms with Crippen molar-refractivity contribution in [2.75, 3.05) is 11.9 Å². The molecule has 1 aromatic heterocycles. The topological polar surface area (TPSA) is 88.5 Å². The van der Waals surface area contributed by atoms with Gasteiger partial charge in [0.25, 0.3) is 0 Å². The molecule has 0 atom stereocenters. The molecule has 0 fully saturated rings. The maximum absolute atomic E-state index is 12.3. The van der Waals surface area contributed by atoms with Crippen molar-refractivity contribution in [3.8, 4) is 5.75 Å². The molecule has 0 unspecified atom stereocenters. The Hall–Kier alpha value is -2.03. The zero-order valence-corrected chi connectivity index (χ0v) is 16.7. The van der Waals surface area contributed by atoms with E-state index in [2.05, 4.69) is 10.3 Å². The van der Waals surface area contributed by atoms with Crippen LogP contribution in [0.3, 0.4) is 0 Å². The Morgan fingerprint density at radius 1 is 1.10 bits per heavy atom. The number of thioether (sulfide) groups is 1. The molecule has 0 saturated carbocycles. The minimum atomic E-state index is -1.13. The van der Waals surface area contributed by atoms with E-state index in [-0.39, 0.29) is 51.8 Å². The Balaban J connectivity index is 0.00000320. The first-order chi connectivity index (χ1) is 14.0. The Morgan fingerprint density at radius 2 is 1.87 bits per heavy atom. The van der Waals surface area contributed by atoms with E-state index in [0.717, 1.165) is 17.3 Å². The number of carbonyl (C=O) groups excluding carboxylic acids is 1. The molecular weight excluding hydrogens is 435 g/mol. The maximum atomic E-state index is 12.3. The number of halogens is 1. The summed E-state index contributed by atoms with van der Waals surface area (Å²) < 4.78 is 5.85. The van der Waals surface area contributed by atoms with Gasteiger partial charge < -0.3 is 15.2 Å². The fourth-order valence-corrected chi connectivity index (χ4v) is 3.36. The Bertz CT molecular complexity index is 1020. The van der Waals surface area contributed by atoms with E-state index in [1.54, 1.807) is 18.2 Å². The third kappa shape index (κ3) is 7.04. The van der Waals surface area contributed by atoms with Crippen LogP contribution in [0.4, 0.5) is 5.69 Å². The van der Waals surface area contributed by atoms with Crippen LogP contribution in [-0.2, 0) is 11.4 Å². The minimum absolute atomic E-state index is 0. The van der Waals surface area contributed by atoms with Gasteiger partial charge in [-0.3, -0.25) is 4.79 Å².